The number of hydrogen-bond donors (Lipinski definition) is 1. The van der Waals surface area contributed by atoms with Crippen molar-refractivity contribution < 1.29 is 9.21 Å². The Morgan fingerprint density at radius 2 is 2.20 bits per heavy atom. The number of anilines is 1. The largest absolute Gasteiger partial charge is 0.396 e. The summed E-state index contributed by atoms with van der Waals surface area (Å²) in [6.07, 6.45) is 1.44. The quantitative estimate of drug-likeness (QED) is 0.532. The fourth-order valence-electron chi connectivity index (χ4n) is 1.46. The van der Waals surface area contributed by atoms with Gasteiger partial charge in [0.1, 0.15) is 6.33 Å². The molecule has 1 aromatic carbocycles. The van der Waals surface area contributed by atoms with E-state index in [4.69, 9.17) is 4.42 Å². The van der Waals surface area contributed by atoms with Gasteiger partial charge in [-0.25, -0.2) is 0 Å². The minimum absolute atomic E-state index is 0.120. The second kappa shape index (κ2) is 5.79. The Labute approximate surface area is 131 Å². The molecule has 0 fully saturated rings. The van der Waals surface area contributed by atoms with Gasteiger partial charge in [-0.15, -0.1) is 10.2 Å². The van der Waals surface area contributed by atoms with Crippen molar-refractivity contribution in [2.45, 2.75) is 5.22 Å². The standard InChI is InChI=1S/C11H8IN5O2S/c12-7-1-3-8(4-2-7)14-9(18)5-20-11-16-17-6-13-15-10(17)19-11/h1-4,6H,5H2,(H,14,18). The van der Waals surface area contributed by atoms with E-state index in [-0.39, 0.29) is 11.7 Å². The Bertz CT molecular complexity index is 710. The number of fused-ring (bicyclic) bond motifs is 1. The summed E-state index contributed by atoms with van der Waals surface area (Å²) in [6, 6.07) is 7.57. The van der Waals surface area contributed by atoms with E-state index in [2.05, 4.69) is 43.2 Å². The van der Waals surface area contributed by atoms with Crippen LogP contribution in [0.25, 0.3) is 5.84 Å². The summed E-state index contributed by atoms with van der Waals surface area (Å²) < 4.78 is 7.82. The van der Waals surface area contributed by atoms with E-state index in [1.54, 1.807) is 0 Å². The molecule has 0 aliphatic carbocycles. The van der Waals surface area contributed by atoms with Gasteiger partial charge in [0.2, 0.25) is 5.91 Å². The molecule has 9 heteroatoms. The number of nitrogens with zero attached hydrogens (tertiary/aromatic N) is 4. The first-order valence-corrected chi connectivity index (χ1v) is 7.62. The molecule has 0 spiro atoms. The van der Waals surface area contributed by atoms with Crippen molar-refractivity contribution in [1.29, 1.82) is 0 Å². The summed E-state index contributed by atoms with van der Waals surface area (Å²) in [7, 11) is 0. The SMILES string of the molecule is O=C(CSc1nn2cnnc2o1)Nc1ccc(I)cc1. The van der Waals surface area contributed by atoms with Gasteiger partial charge in [0, 0.05) is 9.26 Å². The molecular weight excluding hydrogens is 393 g/mol. The average Bonchev–Trinajstić information content (AvgIpc) is 3.00. The topological polar surface area (TPSA) is 85.3 Å². The van der Waals surface area contributed by atoms with Crippen molar-refractivity contribution in [2.24, 2.45) is 0 Å². The number of rotatable bonds is 4. The summed E-state index contributed by atoms with van der Waals surface area (Å²) in [6.45, 7) is 0. The number of carbonyl (C=O) groups is 1. The number of carbonyl (C=O) groups excluding carboxylic acids is 1. The second-order valence-corrected chi connectivity index (χ2v) is 5.94. The number of aromatic nitrogens is 4. The van der Waals surface area contributed by atoms with Crippen LogP contribution in [-0.4, -0.2) is 31.5 Å². The molecule has 0 saturated heterocycles. The lowest BCUT2D eigenvalue weighted by Crippen LogP contribution is -2.13. The minimum Gasteiger partial charge on any atom is -0.396 e. The molecule has 3 aromatic rings. The Morgan fingerprint density at radius 3 is 2.95 bits per heavy atom. The normalized spacial score (nSPS) is 10.8. The molecule has 2 heterocycles. The molecule has 2 aromatic heterocycles. The van der Waals surface area contributed by atoms with Gasteiger partial charge in [-0.05, 0) is 46.9 Å². The molecule has 3 rings (SSSR count). The maximum Gasteiger partial charge on any atom is 0.345 e. The monoisotopic (exact) mass is 401 g/mol. The van der Waals surface area contributed by atoms with E-state index in [0.717, 1.165) is 9.26 Å². The van der Waals surface area contributed by atoms with E-state index in [9.17, 15) is 4.79 Å². The molecule has 0 bridgehead atoms. The van der Waals surface area contributed by atoms with Gasteiger partial charge in [0.05, 0.1) is 5.75 Å². The third kappa shape index (κ3) is 3.10. The number of thioether (sulfide) groups is 1. The van der Waals surface area contributed by atoms with E-state index < -0.39 is 0 Å². The third-order valence-electron chi connectivity index (χ3n) is 2.32. The van der Waals surface area contributed by atoms with Crippen molar-refractivity contribution in [3.05, 3.63) is 34.2 Å². The summed E-state index contributed by atoms with van der Waals surface area (Å²) >= 11 is 3.41. The molecular formula is C11H8IN5O2S. The number of nitrogens with one attached hydrogen (secondary N) is 1. The molecule has 0 saturated carbocycles. The first-order valence-electron chi connectivity index (χ1n) is 5.56. The number of amides is 1. The Hall–Kier alpha value is -1.62. The first-order chi connectivity index (χ1) is 9.70. The van der Waals surface area contributed by atoms with Crippen molar-refractivity contribution in [3.63, 3.8) is 0 Å². The maximum absolute atomic E-state index is 11.8. The fourth-order valence-corrected chi connectivity index (χ4v) is 2.42. The van der Waals surface area contributed by atoms with Crippen LogP contribution < -0.4 is 5.32 Å². The molecule has 1 amide bonds. The van der Waals surface area contributed by atoms with Gasteiger partial charge in [-0.3, -0.25) is 4.79 Å². The van der Waals surface area contributed by atoms with Crippen LogP contribution in [0.2, 0.25) is 0 Å². The second-order valence-electron chi connectivity index (χ2n) is 3.77. The highest BCUT2D eigenvalue weighted by atomic mass is 127. The van der Waals surface area contributed by atoms with Crippen molar-refractivity contribution in [3.8, 4) is 0 Å². The molecule has 1 N–H and O–H groups in total. The molecule has 20 heavy (non-hydrogen) atoms. The van der Waals surface area contributed by atoms with Gasteiger partial charge in [0.15, 0.2) is 0 Å². The number of halogens is 1. The third-order valence-corrected chi connectivity index (χ3v) is 3.86. The van der Waals surface area contributed by atoms with Crippen LogP contribution >= 0.6 is 34.4 Å². The van der Waals surface area contributed by atoms with Gasteiger partial charge in [0.25, 0.3) is 5.22 Å². The predicted octanol–water partition coefficient (Wildman–Crippen LogP) is 2.05. The molecule has 0 aliphatic rings. The number of hydrogen-bond acceptors (Lipinski definition) is 6. The minimum atomic E-state index is -0.120. The molecule has 7 nitrogen and oxygen atoms in total. The fraction of sp³-hybridized carbons (Fsp3) is 0.0909. The van der Waals surface area contributed by atoms with E-state index in [0.29, 0.717) is 11.1 Å². The first kappa shape index (κ1) is 13.4. The van der Waals surface area contributed by atoms with Crippen LogP contribution in [0, 0.1) is 3.57 Å². The van der Waals surface area contributed by atoms with Gasteiger partial charge in [-0.2, -0.15) is 4.52 Å². The molecule has 0 radical (unpaired) electrons. The highest BCUT2D eigenvalue weighted by molar-refractivity contribution is 14.1. The van der Waals surface area contributed by atoms with Gasteiger partial charge < -0.3 is 9.73 Å². The van der Waals surface area contributed by atoms with E-state index in [1.807, 2.05) is 24.3 Å². The van der Waals surface area contributed by atoms with Crippen LogP contribution in [-0.2, 0) is 4.79 Å². The van der Waals surface area contributed by atoms with Crippen molar-refractivity contribution in [1.82, 2.24) is 19.8 Å². The van der Waals surface area contributed by atoms with Crippen LogP contribution in [0.4, 0.5) is 5.69 Å². The Morgan fingerprint density at radius 1 is 1.40 bits per heavy atom. The number of benzene rings is 1. The molecule has 0 aliphatic heterocycles. The summed E-state index contributed by atoms with van der Waals surface area (Å²) in [4.78, 5) is 11.8. The van der Waals surface area contributed by atoms with E-state index in [1.165, 1.54) is 22.6 Å². The van der Waals surface area contributed by atoms with Crippen LogP contribution in [0.1, 0.15) is 0 Å². The molecule has 0 unspecified atom stereocenters. The summed E-state index contributed by atoms with van der Waals surface area (Å²) in [5.41, 5.74) is 0.766. The molecule has 0 atom stereocenters. The zero-order valence-electron chi connectivity index (χ0n) is 9.99. The van der Waals surface area contributed by atoms with Crippen LogP contribution in [0.3, 0.4) is 0 Å². The predicted molar refractivity (Wildman–Crippen MR) is 81.6 cm³/mol. The van der Waals surface area contributed by atoms with E-state index >= 15 is 0 Å². The van der Waals surface area contributed by atoms with Crippen LogP contribution in [0.15, 0.2) is 40.2 Å². The summed E-state index contributed by atoms with van der Waals surface area (Å²) in [5, 5.41) is 14.6. The van der Waals surface area contributed by atoms with Crippen LogP contribution in [0.5, 0.6) is 0 Å². The zero-order chi connectivity index (χ0) is 13.9. The lowest BCUT2D eigenvalue weighted by atomic mass is 10.3. The lowest BCUT2D eigenvalue weighted by Gasteiger charge is -2.03. The lowest BCUT2D eigenvalue weighted by molar-refractivity contribution is -0.113. The zero-order valence-corrected chi connectivity index (χ0v) is 13.0. The van der Waals surface area contributed by atoms with Gasteiger partial charge >= 0.3 is 5.84 Å². The Kier molecular flexibility index (Phi) is 3.87. The Balaban J connectivity index is 1.56. The van der Waals surface area contributed by atoms with Crippen molar-refractivity contribution in [2.75, 3.05) is 11.1 Å². The molecule has 102 valence electrons. The van der Waals surface area contributed by atoms with Crippen molar-refractivity contribution >= 4 is 51.8 Å². The highest BCUT2D eigenvalue weighted by Crippen LogP contribution is 2.18. The van der Waals surface area contributed by atoms with Gasteiger partial charge in [-0.1, -0.05) is 16.9 Å². The highest BCUT2D eigenvalue weighted by Gasteiger charge is 2.10. The smallest absolute Gasteiger partial charge is 0.345 e. The average molecular weight is 401 g/mol. The maximum atomic E-state index is 11.8. The summed E-state index contributed by atoms with van der Waals surface area (Å²) in [5.74, 6) is 0.402.